The first-order valence-electron chi connectivity index (χ1n) is 9.39. The predicted molar refractivity (Wildman–Crippen MR) is 106 cm³/mol. The molecule has 0 radical (unpaired) electrons. The number of benzene rings is 1. The molecule has 7 nitrogen and oxygen atoms in total. The van der Waals surface area contributed by atoms with Crippen LogP contribution in [0.2, 0.25) is 0 Å². The summed E-state index contributed by atoms with van der Waals surface area (Å²) < 4.78 is 17.3. The highest BCUT2D eigenvalue weighted by atomic mass is 32.1. The first kappa shape index (κ1) is 18.7. The van der Waals surface area contributed by atoms with Crippen LogP contribution in [0.25, 0.3) is 0 Å². The minimum atomic E-state index is -0.266. The molecule has 9 heteroatoms. The van der Waals surface area contributed by atoms with Crippen LogP contribution in [-0.4, -0.2) is 65.3 Å². The number of nitrogen functional groups attached to an aromatic ring is 1. The summed E-state index contributed by atoms with van der Waals surface area (Å²) >= 11 is 0.995. The number of carbonyl (C=O) groups excluding carboxylic acids is 2. The highest BCUT2D eigenvalue weighted by Crippen LogP contribution is 2.26. The number of aromatic nitrogens is 1. The van der Waals surface area contributed by atoms with Crippen LogP contribution in [0.5, 0.6) is 0 Å². The summed E-state index contributed by atoms with van der Waals surface area (Å²) in [7, 11) is 0. The molecule has 148 valence electrons. The average Bonchev–Trinajstić information content (AvgIpc) is 3.38. The average molecular weight is 403 g/mol. The highest BCUT2D eigenvalue weighted by Gasteiger charge is 2.30. The lowest BCUT2D eigenvalue weighted by Gasteiger charge is -2.36. The van der Waals surface area contributed by atoms with E-state index in [1.807, 2.05) is 0 Å². The van der Waals surface area contributed by atoms with Crippen LogP contribution in [0.1, 0.15) is 33.0 Å². The molecule has 2 fully saturated rings. The summed E-state index contributed by atoms with van der Waals surface area (Å²) in [5.41, 5.74) is 7.44. The van der Waals surface area contributed by atoms with Crippen molar-refractivity contribution in [2.75, 3.05) is 49.9 Å². The summed E-state index contributed by atoms with van der Waals surface area (Å²) in [6.07, 6.45) is 1.97. The van der Waals surface area contributed by atoms with E-state index in [0.717, 1.165) is 30.1 Å². The molecule has 2 amide bonds. The van der Waals surface area contributed by atoms with Gasteiger partial charge in [0.25, 0.3) is 11.8 Å². The fourth-order valence-electron chi connectivity index (χ4n) is 3.64. The molecule has 1 aromatic carbocycles. The number of rotatable bonds is 3. The number of amides is 2. The van der Waals surface area contributed by atoms with E-state index in [1.54, 1.807) is 21.9 Å². The van der Waals surface area contributed by atoms with Crippen molar-refractivity contribution in [2.45, 2.75) is 12.8 Å². The van der Waals surface area contributed by atoms with Crippen molar-refractivity contribution in [1.29, 1.82) is 0 Å². The van der Waals surface area contributed by atoms with Gasteiger partial charge in [0.15, 0.2) is 5.69 Å². The van der Waals surface area contributed by atoms with Gasteiger partial charge in [0, 0.05) is 45.0 Å². The van der Waals surface area contributed by atoms with Gasteiger partial charge >= 0.3 is 0 Å². The van der Waals surface area contributed by atoms with E-state index in [-0.39, 0.29) is 29.0 Å². The molecule has 2 aliphatic rings. The Morgan fingerprint density at radius 3 is 2.18 bits per heavy atom. The summed E-state index contributed by atoms with van der Waals surface area (Å²) in [6, 6.07) is 6.35. The summed E-state index contributed by atoms with van der Waals surface area (Å²) in [5, 5.41) is 0. The third-order valence-electron chi connectivity index (χ3n) is 5.28. The van der Waals surface area contributed by atoms with Gasteiger partial charge in [0.2, 0.25) is 0 Å². The number of nitrogens with zero attached hydrogens (tertiary/aromatic N) is 4. The van der Waals surface area contributed by atoms with E-state index in [9.17, 15) is 14.0 Å². The Morgan fingerprint density at radius 2 is 1.54 bits per heavy atom. The number of hydrogen-bond donors (Lipinski definition) is 1. The Labute approximate surface area is 166 Å². The normalized spacial score (nSPS) is 17.2. The largest absolute Gasteiger partial charge is 0.395 e. The lowest BCUT2D eigenvalue weighted by atomic mass is 10.2. The Morgan fingerprint density at radius 1 is 0.929 bits per heavy atom. The zero-order valence-corrected chi connectivity index (χ0v) is 16.3. The van der Waals surface area contributed by atoms with E-state index in [1.165, 1.54) is 12.1 Å². The van der Waals surface area contributed by atoms with E-state index in [2.05, 4.69) is 9.27 Å². The molecular weight excluding hydrogens is 381 g/mol. The highest BCUT2D eigenvalue weighted by molar-refractivity contribution is 7.09. The molecule has 0 saturated carbocycles. The maximum atomic E-state index is 13.1. The third-order valence-corrected chi connectivity index (χ3v) is 6.13. The molecular formula is C19H22FN5O2S. The Balaban J connectivity index is 1.41. The molecule has 3 heterocycles. The van der Waals surface area contributed by atoms with Crippen LogP contribution in [0, 0.1) is 5.82 Å². The molecule has 0 unspecified atom stereocenters. The zero-order chi connectivity index (χ0) is 19.7. The second kappa shape index (κ2) is 7.75. The molecule has 4 rings (SSSR count). The molecule has 2 N–H and O–H groups in total. The van der Waals surface area contributed by atoms with Crippen molar-refractivity contribution in [2.24, 2.45) is 0 Å². The maximum absolute atomic E-state index is 13.1. The fourth-order valence-corrected chi connectivity index (χ4v) is 4.40. The fraction of sp³-hybridized carbons (Fsp3) is 0.421. The van der Waals surface area contributed by atoms with Crippen molar-refractivity contribution in [3.63, 3.8) is 0 Å². The number of likely N-dealkylation sites (tertiary alicyclic amines) is 1. The number of nitrogens with two attached hydrogens (primary N) is 1. The number of piperazine rings is 1. The van der Waals surface area contributed by atoms with Crippen LogP contribution < -0.4 is 10.6 Å². The van der Waals surface area contributed by atoms with Crippen molar-refractivity contribution >= 4 is 34.7 Å². The van der Waals surface area contributed by atoms with Gasteiger partial charge in [-0.05, 0) is 48.6 Å². The minimum Gasteiger partial charge on any atom is -0.395 e. The summed E-state index contributed by atoms with van der Waals surface area (Å²) in [5.74, 6) is -0.641. The SMILES string of the molecule is Nc1c(C(=O)N2CCCC2)nsc1C(=O)N1CCN(c2ccc(F)cc2)CC1. The monoisotopic (exact) mass is 403 g/mol. The van der Waals surface area contributed by atoms with E-state index < -0.39 is 0 Å². The Hall–Kier alpha value is -2.68. The molecule has 0 aliphatic carbocycles. The molecule has 0 atom stereocenters. The van der Waals surface area contributed by atoms with Crippen molar-refractivity contribution < 1.29 is 14.0 Å². The molecule has 2 aliphatic heterocycles. The lowest BCUT2D eigenvalue weighted by Crippen LogP contribution is -2.48. The summed E-state index contributed by atoms with van der Waals surface area (Å²) in [6.45, 7) is 3.78. The smallest absolute Gasteiger partial charge is 0.275 e. The number of hydrogen-bond acceptors (Lipinski definition) is 6. The van der Waals surface area contributed by atoms with Gasteiger partial charge in [-0.1, -0.05) is 0 Å². The van der Waals surface area contributed by atoms with Crippen LogP contribution in [0.3, 0.4) is 0 Å². The zero-order valence-electron chi connectivity index (χ0n) is 15.4. The first-order valence-corrected chi connectivity index (χ1v) is 10.2. The number of carbonyl (C=O) groups is 2. The summed E-state index contributed by atoms with van der Waals surface area (Å²) in [4.78, 5) is 31.3. The van der Waals surface area contributed by atoms with Gasteiger partial charge in [-0.25, -0.2) is 4.39 Å². The quantitative estimate of drug-likeness (QED) is 0.848. The Kier molecular flexibility index (Phi) is 5.17. The van der Waals surface area contributed by atoms with Crippen LogP contribution in [-0.2, 0) is 0 Å². The molecule has 1 aromatic heterocycles. The predicted octanol–water partition coefficient (Wildman–Crippen LogP) is 2.06. The molecule has 2 aromatic rings. The van der Waals surface area contributed by atoms with Gasteiger partial charge in [0.05, 0.1) is 5.69 Å². The number of halogens is 1. The van der Waals surface area contributed by atoms with Crippen LogP contribution in [0.4, 0.5) is 15.8 Å². The van der Waals surface area contributed by atoms with Gasteiger partial charge in [-0.15, -0.1) is 0 Å². The second-order valence-corrected chi connectivity index (χ2v) is 7.80. The van der Waals surface area contributed by atoms with Crippen molar-refractivity contribution in [3.8, 4) is 0 Å². The van der Waals surface area contributed by atoms with E-state index in [0.29, 0.717) is 44.1 Å². The van der Waals surface area contributed by atoms with Gasteiger partial charge in [0.1, 0.15) is 10.7 Å². The Bertz CT molecular complexity index is 871. The third kappa shape index (κ3) is 3.54. The molecule has 0 spiro atoms. The van der Waals surface area contributed by atoms with E-state index in [4.69, 9.17) is 5.73 Å². The topological polar surface area (TPSA) is 82.8 Å². The minimum absolute atomic E-state index is 0.186. The van der Waals surface area contributed by atoms with E-state index >= 15 is 0 Å². The van der Waals surface area contributed by atoms with Gasteiger partial charge in [-0.3, -0.25) is 9.59 Å². The lowest BCUT2D eigenvalue weighted by molar-refractivity contribution is 0.0752. The van der Waals surface area contributed by atoms with Crippen LogP contribution in [0.15, 0.2) is 24.3 Å². The first-order chi connectivity index (χ1) is 13.5. The van der Waals surface area contributed by atoms with Gasteiger partial charge < -0.3 is 20.4 Å². The molecule has 2 saturated heterocycles. The standard InChI is InChI=1S/C19H22FN5O2S/c20-13-3-5-14(6-4-13)23-9-11-25(12-10-23)19(27)17-15(21)16(22-28-17)18(26)24-7-1-2-8-24/h3-6H,1-2,7-12,21H2. The molecule has 0 bridgehead atoms. The van der Waals surface area contributed by atoms with Crippen LogP contribution >= 0.6 is 11.5 Å². The van der Waals surface area contributed by atoms with Crippen molar-refractivity contribution in [1.82, 2.24) is 14.2 Å². The van der Waals surface area contributed by atoms with Crippen molar-refractivity contribution in [3.05, 3.63) is 40.7 Å². The maximum Gasteiger partial charge on any atom is 0.275 e. The second-order valence-electron chi connectivity index (χ2n) is 7.03. The molecule has 28 heavy (non-hydrogen) atoms. The number of anilines is 2. The van der Waals surface area contributed by atoms with Gasteiger partial charge in [-0.2, -0.15) is 4.37 Å².